The molecule has 140 valence electrons. The molecule has 0 saturated carbocycles. The Morgan fingerprint density at radius 3 is 2.62 bits per heavy atom. The van der Waals surface area contributed by atoms with Gasteiger partial charge in [0.15, 0.2) is 0 Å². The minimum atomic E-state index is -1.02. The number of imide groups is 1. The van der Waals surface area contributed by atoms with Gasteiger partial charge in [-0.15, -0.1) is 0 Å². The largest absolute Gasteiger partial charge is 0.335 e. The second-order valence-corrected chi connectivity index (χ2v) is 6.32. The van der Waals surface area contributed by atoms with Crippen molar-refractivity contribution in [2.75, 3.05) is 25.5 Å². The van der Waals surface area contributed by atoms with Crippen LogP contribution in [0.4, 0.5) is 14.9 Å². The average molecular weight is 364 g/mol. The predicted molar refractivity (Wildman–Crippen MR) is 91.6 cm³/mol. The molecule has 1 heterocycles. The molecule has 1 aromatic rings. The highest BCUT2D eigenvalue weighted by atomic mass is 19.1. The van der Waals surface area contributed by atoms with Crippen molar-refractivity contribution in [3.05, 3.63) is 30.1 Å². The van der Waals surface area contributed by atoms with E-state index in [-0.39, 0.29) is 12.2 Å². The molecule has 1 atom stereocenters. The highest BCUT2D eigenvalue weighted by Crippen LogP contribution is 2.20. The van der Waals surface area contributed by atoms with Crippen molar-refractivity contribution >= 4 is 29.4 Å². The lowest BCUT2D eigenvalue weighted by molar-refractivity contribution is -0.139. The van der Waals surface area contributed by atoms with Crippen molar-refractivity contribution in [2.45, 2.75) is 25.8 Å². The number of carbonyl (C=O) groups is 4. The van der Waals surface area contributed by atoms with Gasteiger partial charge in [-0.1, -0.05) is 13.0 Å². The Balaban J connectivity index is 1.92. The molecule has 0 aromatic heterocycles. The summed E-state index contributed by atoms with van der Waals surface area (Å²) in [5, 5.41) is 5.02. The van der Waals surface area contributed by atoms with Crippen LogP contribution in [0.2, 0.25) is 0 Å². The molecule has 0 aliphatic carbocycles. The van der Waals surface area contributed by atoms with Crippen molar-refractivity contribution in [1.29, 1.82) is 0 Å². The van der Waals surface area contributed by atoms with Crippen LogP contribution in [0, 0.1) is 5.82 Å². The summed E-state index contributed by atoms with van der Waals surface area (Å²) in [6, 6.07) is 4.72. The van der Waals surface area contributed by atoms with E-state index in [2.05, 4.69) is 10.6 Å². The molecule has 1 aliphatic rings. The number of anilines is 1. The van der Waals surface area contributed by atoms with Crippen LogP contribution in [0.5, 0.6) is 0 Å². The number of nitrogens with one attached hydrogen (secondary N) is 2. The van der Waals surface area contributed by atoms with E-state index in [0.29, 0.717) is 6.42 Å². The van der Waals surface area contributed by atoms with E-state index in [1.807, 2.05) is 0 Å². The van der Waals surface area contributed by atoms with Crippen LogP contribution in [0.15, 0.2) is 24.3 Å². The van der Waals surface area contributed by atoms with E-state index < -0.39 is 41.7 Å². The fourth-order valence-corrected chi connectivity index (χ4v) is 2.46. The Morgan fingerprint density at radius 1 is 1.35 bits per heavy atom. The van der Waals surface area contributed by atoms with E-state index in [4.69, 9.17) is 0 Å². The molecule has 1 aromatic carbocycles. The first kappa shape index (κ1) is 19.4. The Bertz CT molecular complexity index is 754. The fourth-order valence-electron chi connectivity index (χ4n) is 2.46. The molecular weight excluding hydrogens is 343 g/mol. The van der Waals surface area contributed by atoms with E-state index in [9.17, 15) is 23.6 Å². The first-order chi connectivity index (χ1) is 12.2. The molecule has 0 unspecified atom stereocenters. The maximum absolute atomic E-state index is 13.1. The summed E-state index contributed by atoms with van der Waals surface area (Å²) in [6.07, 6.45) is 0.397. The topological polar surface area (TPSA) is 98.8 Å². The van der Waals surface area contributed by atoms with Gasteiger partial charge in [0.05, 0.1) is 6.54 Å². The Morgan fingerprint density at radius 2 is 2.04 bits per heavy atom. The monoisotopic (exact) mass is 364 g/mol. The molecular formula is C17H21FN4O4. The first-order valence-corrected chi connectivity index (χ1v) is 8.10. The van der Waals surface area contributed by atoms with Gasteiger partial charge in [-0.3, -0.25) is 19.3 Å². The normalized spacial score (nSPS) is 19.3. The predicted octanol–water partition coefficient (Wildman–Crippen LogP) is 0.943. The van der Waals surface area contributed by atoms with Crippen LogP contribution in [0.25, 0.3) is 0 Å². The summed E-state index contributed by atoms with van der Waals surface area (Å²) in [5.41, 5.74) is -0.756. The fraction of sp³-hybridized carbons (Fsp3) is 0.412. The number of hydrogen-bond acceptors (Lipinski definition) is 4. The van der Waals surface area contributed by atoms with Crippen molar-refractivity contribution in [3.63, 3.8) is 0 Å². The van der Waals surface area contributed by atoms with Crippen LogP contribution in [0.1, 0.15) is 20.3 Å². The quantitative estimate of drug-likeness (QED) is 0.734. The smallest absolute Gasteiger partial charge is 0.325 e. The molecule has 2 N–H and O–H groups in total. The van der Waals surface area contributed by atoms with Crippen molar-refractivity contribution in [3.8, 4) is 0 Å². The maximum Gasteiger partial charge on any atom is 0.325 e. The zero-order valence-corrected chi connectivity index (χ0v) is 14.8. The van der Waals surface area contributed by atoms with Gasteiger partial charge in [0.1, 0.15) is 17.9 Å². The number of nitrogens with zero attached hydrogens (tertiary/aromatic N) is 2. The van der Waals surface area contributed by atoms with Crippen LogP contribution in [-0.4, -0.2) is 59.2 Å². The first-order valence-electron chi connectivity index (χ1n) is 8.10. The van der Waals surface area contributed by atoms with E-state index in [0.717, 1.165) is 15.9 Å². The molecule has 1 aliphatic heterocycles. The van der Waals surface area contributed by atoms with Gasteiger partial charge in [0, 0.05) is 12.7 Å². The number of carbonyl (C=O) groups excluding carboxylic acids is 4. The lowest BCUT2D eigenvalue weighted by Crippen LogP contribution is -2.45. The number of likely N-dealkylation sites (N-methyl/N-ethyl adjacent to an activating group) is 1. The maximum atomic E-state index is 13.1. The van der Waals surface area contributed by atoms with Gasteiger partial charge in [-0.25, -0.2) is 9.18 Å². The third-order valence-electron chi connectivity index (χ3n) is 4.26. The molecule has 5 amide bonds. The molecule has 1 fully saturated rings. The van der Waals surface area contributed by atoms with E-state index >= 15 is 0 Å². The van der Waals surface area contributed by atoms with E-state index in [1.54, 1.807) is 13.8 Å². The molecule has 2 rings (SSSR count). The zero-order valence-electron chi connectivity index (χ0n) is 14.8. The third kappa shape index (κ3) is 4.16. The highest BCUT2D eigenvalue weighted by Gasteiger charge is 2.47. The SMILES string of the molecule is CC[C@]1(C)NC(=O)N(CC(=O)N(C)CC(=O)Nc2cccc(F)c2)C1=O. The van der Waals surface area contributed by atoms with Gasteiger partial charge >= 0.3 is 6.03 Å². The zero-order chi connectivity index (χ0) is 19.5. The Hall–Kier alpha value is -2.97. The minimum absolute atomic E-state index is 0.267. The van der Waals surface area contributed by atoms with Crippen LogP contribution in [-0.2, 0) is 14.4 Å². The molecule has 0 bridgehead atoms. The molecule has 8 nitrogen and oxygen atoms in total. The summed E-state index contributed by atoms with van der Waals surface area (Å²) in [5.74, 6) is -2.06. The Labute approximate surface area is 150 Å². The van der Waals surface area contributed by atoms with Gasteiger partial charge in [0.25, 0.3) is 5.91 Å². The van der Waals surface area contributed by atoms with Crippen LogP contribution >= 0.6 is 0 Å². The number of halogens is 1. The standard InChI is InChI=1S/C17H21FN4O4/c1-4-17(2)15(25)22(16(26)20-17)10-14(24)21(3)9-13(23)19-12-7-5-6-11(18)8-12/h5-8H,4,9-10H2,1-3H3,(H,19,23)(H,20,26)/t17-/m0/s1. The van der Waals surface area contributed by atoms with E-state index in [1.165, 1.54) is 25.2 Å². The minimum Gasteiger partial charge on any atom is -0.335 e. The number of urea groups is 1. The highest BCUT2D eigenvalue weighted by molar-refractivity contribution is 6.09. The second kappa shape index (κ2) is 7.51. The van der Waals surface area contributed by atoms with Gasteiger partial charge < -0.3 is 15.5 Å². The van der Waals surface area contributed by atoms with Gasteiger partial charge in [0.2, 0.25) is 11.8 Å². The van der Waals surface area contributed by atoms with Crippen molar-refractivity contribution in [2.24, 2.45) is 0 Å². The third-order valence-corrected chi connectivity index (χ3v) is 4.26. The van der Waals surface area contributed by atoms with Gasteiger partial charge in [-0.2, -0.15) is 0 Å². The molecule has 9 heteroatoms. The average Bonchev–Trinajstić information content (AvgIpc) is 2.78. The molecule has 0 spiro atoms. The van der Waals surface area contributed by atoms with Crippen molar-refractivity contribution in [1.82, 2.24) is 15.1 Å². The van der Waals surface area contributed by atoms with Crippen LogP contribution < -0.4 is 10.6 Å². The summed E-state index contributed by atoms with van der Waals surface area (Å²) in [4.78, 5) is 50.3. The summed E-state index contributed by atoms with van der Waals surface area (Å²) >= 11 is 0. The molecule has 1 saturated heterocycles. The summed E-state index contributed by atoms with van der Waals surface area (Å²) in [7, 11) is 1.38. The van der Waals surface area contributed by atoms with Crippen molar-refractivity contribution < 1.29 is 23.6 Å². The van der Waals surface area contributed by atoms with Crippen LogP contribution in [0.3, 0.4) is 0 Å². The number of rotatable bonds is 6. The molecule has 26 heavy (non-hydrogen) atoms. The number of amides is 5. The second-order valence-electron chi connectivity index (χ2n) is 6.32. The summed E-state index contributed by atoms with van der Waals surface area (Å²) in [6.45, 7) is 2.59. The van der Waals surface area contributed by atoms with Gasteiger partial charge in [-0.05, 0) is 31.5 Å². The number of benzene rings is 1. The Kier molecular flexibility index (Phi) is 5.59. The summed E-state index contributed by atoms with van der Waals surface area (Å²) < 4.78 is 13.1. The number of hydrogen-bond donors (Lipinski definition) is 2. The molecule has 0 radical (unpaired) electrons. The lowest BCUT2D eigenvalue weighted by atomic mass is 9.99. The lowest BCUT2D eigenvalue weighted by Gasteiger charge is -2.21.